The van der Waals surface area contributed by atoms with E-state index in [1.54, 1.807) is 38.1 Å². The minimum Gasteiger partial charge on any atom is -0.382 e. The molecule has 0 radical (unpaired) electrons. The second-order valence-electron chi connectivity index (χ2n) is 26.6. The first-order chi connectivity index (χ1) is 52.0. The number of nitrogens with one attached hydrogen (secondary N) is 6. The van der Waals surface area contributed by atoms with E-state index in [9.17, 15) is 33.4 Å². The van der Waals surface area contributed by atoms with Crippen molar-refractivity contribution in [2.75, 3.05) is 54.6 Å². The maximum absolute atomic E-state index is 17.0. The van der Waals surface area contributed by atoms with Gasteiger partial charge in [-0.1, -0.05) is 87.7 Å². The Hall–Kier alpha value is -7.99. The molecule has 3 unspecified atom stereocenters. The molecule has 8 heterocycles. The maximum Gasteiger partial charge on any atom is 0.389 e. The molecule has 3 aromatic carbocycles. The second-order valence-corrected chi connectivity index (χ2v) is 33.3. The van der Waals surface area contributed by atoms with E-state index in [0.717, 1.165) is 65.8 Å². The van der Waals surface area contributed by atoms with Crippen molar-refractivity contribution in [3.8, 4) is 0 Å². The summed E-state index contributed by atoms with van der Waals surface area (Å²) in [6, 6.07) is 20.0. The van der Waals surface area contributed by atoms with Crippen molar-refractivity contribution in [2.45, 2.75) is 172 Å². The van der Waals surface area contributed by atoms with Crippen LogP contribution in [0.1, 0.15) is 139 Å². The molecule has 0 spiro atoms. The zero-order valence-corrected chi connectivity index (χ0v) is 64.0. The Morgan fingerprint density at radius 2 is 1.42 bits per heavy atom. The number of nitrogen functional groups attached to an aromatic ring is 2. The molecule has 4 aliphatic heterocycles. The zero-order valence-electron chi connectivity index (χ0n) is 59.5. The molecule has 0 bridgehead atoms. The molecule has 108 heavy (non-hydrogen) atoms. The predicted octanol–water partition coefficient (Wildman–Crippen LogP) is 8.13. The fourth-order valence-electron chi connectivity index (χ4n) is 12.9. The van der Waals surface area contributed by atoms with E-state index in [0.29, 0.717) is 87.4 Å². The largest absolute Gasteiger partial charge is 0.389 e. The first-order valence-corrected chi connectivity index (χ1v) is 42.4. The van der Waals surface area contributed by atoms with Gasteiger partial charge in [0.15, 0.2) is 48.7 Å². The number of fused-ring (bicyclic) bond motifs is 6. The normalized spacial score (nSPS) is 20.8. The molecule has 4 aliphatic rings. The predicted molar refractivity (Wildman–Crippen MR) is 404 cm³/mol. The van der Waals surface area contributed by atoms with Gasteiger partial charge in [0.2, 0.25) is 29.5 Å². The van der Waals surface area contributed by atoms with E-state index in [1.165, 1.54) is 35.0 Å². The first-order valence-electron chi connectivity index (χ1n) is 35.5. The van der Waals surface area contributed by atoms with Crippen molar-refractivity contribution in [1.29, 1.82) is 0 Å². The Morgan fingerprint density at radius 1 is 0.759 bits per heavy atom. The fraction of sp³-hybridized carbons (Fsp3) is 0.485. The number of hydrogen-bond acceptors (Lipinski definition) is 26. The Kier molecular flexibility index (Phi) is 28.6. The number of hydrazine groups is 2. The van der Waals surface area contributed by atoms with Gasteiger partial charge in [-0.25, -0.2) is 43.2 Å². The van der Waals surface area contributed by atoms with Crippen LogP contribution in [0, 0.1) is 5.92 Å². The fourth-order valence-corrected chi connectivity index (χ4v) is 17.2. The summed E-state index contributed by atoms with van der Waals surface area (Å²) < 4.78 is 96.7. The summed E-state index contributed by atoms with van der Waals surface area (Å²) in [5.41, 5.74) is 25.4. The number of benzene rings is 3. The number of carbonyl (C=O) groups excluding carboxylic acids is 5. The number of halogens is 2. The van der Waals surface area contributed by atoms with E-state index in [2.05, 4.69) is 62.1 Å². The molecule has 40 heteroatoms. The molecule has 12 N–H and O–H groups in total. The van der Waals surface area contributed by atoms with E-state index in [4.69, 9.17) is 55.7 Å². The summed E-state index contributed by atoms with van der Waals surface area (Å²) in [6.45, 7) is 1.10. The van der Waals surface area contributed by atoms with Crippen LogP contribution in [0.3, 0.4) is 0 Å². The number of ether oxygens (including phenoxy) is 2. The van der Waals surface area contributed by atoms with Crippen LogP contribution in [0.4, 0.5) is 31.8 Å². The van der Waals surface area contributed by atoms with E-state index in [-0.39, 0.29) is 82.6 Å². The van der Waals surface area contributed by atoms with Gasteiger partial charge in [-0.05, 0) is 104 Å². The van der Waals surface area contributed by atoms with Gasteiger partial charge in [-0.15, -0.1) is 5.53 Å². The maximum atomic E-state index is 17.0. The quantitative estimate of drug-likeness (QED) is 0.0129. The van der Waals surface area contributed by atoms with Crippen LogP contribution in [0.5, 0.6) is 0 Å². The van der Waals surface area contributed by atoms with Crippen molar-refractivity contribution in [3.63, 3.8) is 0 Å². The van der Waals surface area contributed by atoms with Gasteiger partial charge in [-0.2, -0.15) is 0 Å². The van der Waals surface area contributed by atoms with Crippen LogP contribution in [-0.2, 0) is 84.8 Å². The van der Waals surface area contributed by atoms with Gasteiger partial charge in [-0.3, -0.25) is 51.7 Å². The average molecular weight is 1590 g/mol. The molecule has 2 fully saturated rings. The number of alkyl halides is 2. The van der Waals surface area contributed by atoms with E-state index in [1.807, 2.05) is 58.4 Å². The van der Waals surface area contributed by atoms with Crippen molar-refractivity contribution < 1.29 is 79.2 Å². The summed E-state index contributed by atoms with van der Waals surface area (Å²) in [6.07, 6.45) is 0.751. The van der Waals surface area contributed by atoms with Crippen LogP contribution in [0.2, 0.25) is 0 Å². The lowest BCUT2D eigenvalue weighted by molar-refractivity contribution is -0.131. The zero-order chi connectivity index (χ0) is 76.6. The molecule has 4 aromatic heterocycles. The standard InChI is InChI=1S/C68H89F2N18O15P3S2/c1-40(2)55(82-52(90)22-7-6-15-29-88-59-47-19-10-11-20-49(47)85(32-43-17-8-9-18-46(43)56(59)83-84-88)53(91)23-13-12-21-51(89)73-28-14-4-5-16-30-98-105(96)107)66(93)80-41(3)65(92)81-44-26-24-42(25-27-44)35-108-106(97,100-33-45-31-48(69)67(101-45)86-38-78-57-61(71)74-36-76-63(57)86)103-60-50(34-99-104(94)95)102-68(54(60)70)87-39-79-58-62(72)75-37-77-64(58)87/h8-11,17-20,24-27,36-41,45,48,50,54-55,60,67-68,83-84,104-105H,4-7,12-16,21-23,28-35H2,1-3H3,(H,73,89)(H,80,93)(H,81,92)(H,82,90)(H,94,95)(H,96,107)(H2,71,74,76)(H2,72,75,77)/t41-,45-,48+,50+,54+,55-,60+,67+,68+,106?/m0/s1. The minimum atomic E-state index is -4.63. The van der Waals surface area contributed by atoms with Crippen LogP contribution in [0.15, 0.2) is 98.1 Å². The molecule has 33 nitrogen and oxygen atoms in total. The molecule has 11 rings (SSSR count). The molecule has 582 valence electrons. The number of unbranched alkanes of at least 4 members (excludes halogenated alkanes) is 6. The van der Waals surface area contributed by atoms with Crippen molar-refractivity contribution in [2.24, 2.45) is 5.92 Å². The molecular formula is C68H89F2N18O15P3S2. The smallest absolute Gasteiger partial charge is 0.382 e. The summed E-state index contributed by atoms with van der Waals surface area (Å²) in [4.78, 5) is 113. The highest BCUT2D eigenvalue weighted by atomic mass is 32.7. The van der Waals surface area contributed by atoms with E-state index >= 15 is 13.3 Å². The lowest BCUT2D eigenvalue weighted by Crippen LogP contribution is -2.53. The highest BCUT2D eigenvalue weighted by Gasteiger charge is 2.52. The number of carbonyl (C=O) groups is 5. The number of hydrogen-bond donors (Lipinski definition) is 10. The highest BCUT2D eigenvalue weighted by molar-refractivity contribution is 8.54. The monoisotopic (exact) mass is 1590 g/mol. The van der Waals surface area contributed by atoms with Gasteiger partial charge in [0.1, 0.15) is 54.2 Å². The molecule has 5 amide bonds. The highest BCUT2D eigenvalue weighted by Crippen LogP contribution is 2.64. The van der Waals surface area contributed by atoms with Crippen LogP contribution >= 0.6 is 33.6 Å². The van der Waals surface area contributed by atoms with Crippen LogP contribution in [0.25, 0.3) is 33.7 Å². The Balaban J connectivity index is 0.656. The number of imidazole rings is 2. The van der Waals surface area contributed by atoms with Gasteiger partial charge in [0.05, 0.1) is 62.2 Å². The van der Waals surface area contributed by atoms with Gasteiger partial charge in [0.25, 0.3) is 0 Å². The third kappa shape index (κ3) is 20.7. The third-order valence-corrected chi connectivity index (χ3v) is 23.4. The molecule has 0 saturated carbocycles. The second kappa shape index (κ2) is 38.1. The summed E-state index contributed by atoms with van der Waals surface area (Å²) in [7, 11) is -5.69. The summed E-state index contributed by atoms with van der Waals surface area (Å²) in [5, 5.41) is 13.4. The number of amides is 5. The minimum absolute atomic E-state index is 0.00673. The van der Waals surface area contributed by atoms with Crippen molar-refractivity contribution >= 4 is 132 Å². The summed E-state index contributed by atoms with van der Waals surface area (Å²) in [5.74, 6) is -2.00. The number of rotatable bonds is 38. The van der Waals surface area contributed by atoms with Crippen LogP contribution < -0.4 is 48.6 Å². The molecule has 2 saturated heterocycles. The van der Waals surface area contributed by atoms with Gasteiger partial charge in [0, 0.05) is 61.3 Å². The van der Waals surface area contributed by atoms with Crippen LogP contribution in [-0.4, -0.2) is 159 Å². The van der Waals surface area contributed by atoms with Crippen molar-refractivity contribution in [1.82, 2.24) is 71.0 Å². The Morgan fingerprint density at radius 3 is 2.13 bits per heavy atom. The Labute approximate surface area is 631 Å². The van der Waals surface area contributed by atoms with Crippen molar-refractivity contribution in [3.05, 3.63) is 120 Å². The van der Waals surface area contributed by atoms with E-state index < -0.39 is 102 Å². The third-order valence-electron chi connectivity index (χ3n) is 18.5. The topological polar surface area (TPSA) is 433 Å². The number of anilines is 4. The average Bonchev–Trinajstić information content (AvgIpc) is 1.41. The molecular weight excluding hydrogens is 1500 g/mol. The lowest BCUT2D eigenvalue weighted by Gasteiger charge is -2.31. The number of aromatic nitrogens is 8. The lowest BCUT2D eigenvalue weighted by atomic mass is 9.95. The summed E-state index contributed by atoms with van der Waals surface area (Å²) >= 11 is 5.33. The van der Waals surface area contributed by atoms with Gasteiger partial charge >= 0.3 is 15.1 Å². The number of nitrogens with zero attached hydrogens (tertiary/aromatic N) is 10. The molecule has 12 atom stereocenters. The Bertz CT molecular complexity index is 4460. The first kappa shape index (κ1) is 81.0. The number of nitrogens with two attached hydrogens (primary N) is 2. The van der Waals surface area contributed by atoms with Gasteiger partial charge < -0.3 is 71.4 Å². The molecule has 0 aliphatic carbocycles. The number of para-hydroxylation sites is 1. The SMILES string of the molecule is CC(C)[C@H](NC(=O)CCCCCN1NNC2=C1c1ccccc1N(C(=O)CCCCC(=O)NCCCCCCO[PH](O)=S)Cc1ccccc12)C(=O)N[C@@H](C)C(=O)Nc1ccc(CSP(=O)(OC[C@@H]2C[C@@H](F)[C@H](n3cnc4c(N)ncnc43)O2)O[C@H]2[C@@H](F)[C@H](n3cnc4c(N)ncnc43)O[C@@H]2CO[PH](=O)O)cc1. The molecule has 7 aromatic rings.